The van der Waals surface area contributed by atoms with Crippen molar-refractivity contribution in [2.24, 2.45) is 0 Å². The van der Waals surface area contributed by atoms with E-state index in [2.05, 4.69) is 14.9 Å². The molecule has 1 aliphatic heterocycles. The fourth-order valence-corrected chi connectivity index (χ4v) is 6.34. The highest BCUT2D eigenvalue weighted by Crippen LogP contribution is 2.33. The van der Waals surface area contributed by atoms with Crippen molar-refractivity contribution in [2.75, 3.05) is 31.1 Å². The Morgan fingerprint density at radius 3 is 2.69 bits per heavy atom. The van der Waals surface area contributed by atoms with Gasteiger partial charge in [0.2, 0.25) is 5.82 Å². The summed E-state index contributed by atoms with van der Waals surface area (Å²) in [5, 5.41) is 12.5. The van der Waals surface area contributed by atoms with E-state index in [9.17, 15) is 19.7 Å². The second-order valence-electron chi connectivity index (χ2n) is 8.94. The monoisotopic (exact) mass is 493 g/mol. The number of nitrogens with one attached hydrogen (secondary N) is 1. The topological polar surface area (TPSA) is 130 Å². The predicted molar refractivity (Wildman–Crippen MR) is 132 cm³/mol. The number of hydrogen-bond donors (Lipinski definition) is 1. The van der Waals surface area contributed by atoms with Crippen LogP contribution >= 0.6 is 11.3 Å². The second-order valence-corrected chi connectivity index (χ2v) is 10.0. The van der Waals surface area contributed by atoms with Crippen molar-refractivity contribution in [3.05, 3.63) is 71.5 Å². The van der Waals surface area contributed by atoms with Gasteiger partial charge in [-0.2, -0.15) is 0 Å². The first-order chi connectivity index (χ1) is 17.0. The zero-order valence-electron chi connectivity index (χ0n) is 18.9. The molecule has 1 N–H and O–H groups in total. The van der Waals surface area contributed by atoms with Crippen molar-refractivity contribution >= 4 is 38.7 Å². The molecule has 0 saturated carbocycles. The third-order valence-corrected chi connectivity index (χ3v) is 7.98. The standard InChI is InChI=1S/C23H23N7O4S/c31-21-18-14-5-1-2-6-15(14)35-22(18)25-16(24-21)13-27-9-11-28(12-10-27)20-19(30(33)34)23(32)29-8-4-3-7-17(29)26-20/h3-4,7-8H,1-2,5-6,9-13H2,(H,24,25,31). The molecule has 180 valence electrons. The Labute approximate surface area is 202 Å². The highest BCUT2D eigenvalue weighted by Gasteiger charge is 2.30. The summed E-state index contributed by atoms with van der Waals surface area (Å²) >= 11 is 1.63. The second kappa shape index (κ2) is 8.54. The number of pyridine rings is 1. The number of rotatable bonds is 4. The molecule has 0 spiro atoms. The first kappa shape index (κ1) is 21.9. The third-order valence-electron chi connectivity index (χ3n) is 6.79. The molecule has 2 aliphatic rings. The van der Waals surface area contributed by atoms with Crippen LogP contribution in [0.5, 0.6) is 0 Å². The summed E-state index contributed by atoms with van der Waals surface area (Å²) in [5.74, 6) is 0.727. The van der Waals surface area contributed by atoms with E-state index in [4.69, 9.17) is 4.98 Å². The molecule has 11 nitrogen and oxygen atoms in total. The summed E-state index contributed by atoms with van der Waals surface area (Å²) in [7, 11) is 0. The first-order valence-electron chi connectivity index (χ1n) is 11.7. The molecular formula is C23H23N7O4S. The number of fused-ring (bicyclic) bond motifs is 4. The number of piperazine rings is 1. The SMILES string of the molecule is O=c1[nH]c(CN2CCN(c3nc4ccccn4c(=O)c3[N+](=O)[O-])CC2)nc2sc3c(c12)CCCC3. The van der Waals surface area contributed by atoms with Gasteiger partial charge in [0.15, 0.2) is 0 Å². The van der Waals surface area contributed by atoms with Crippen molar-refractivity contribution in [3.8, 4) is 0 Å². The van der Waals surface area contributed by atoms with Crippen LogP contribution in [0.4, 0.5) is 11.5 Å². The van der Waals surface area contributed by atoms with E-state index in [1.807, 2.05) is 0 Å². The summed E-state index contributed by atoms with van der Waals surface area (Å²) in [5.41, 5.74) is 0.270. The average molecular weight is 494 g/mol. The van der Waals surface area contributed by atoms with Crippen molar-refractivity contribution in [3.63, 3.8) is 0 Å². The molecule has 4 aromatic rings. The van der Waals surface area contributed by atoms with Crippen LogP contribution in [0.3, 0.4) is 0 Å². The van der Waals surface area contributed by atoms with Gasteiger partial charge in [0.25, 0.3) is 5.56 Å². The normalized spacial score (nSPS) is 16.6. The smallest absolute Gasteiger partial charge is 0.348 e. The Kier molecular flexibility index (Phi) is 5.33. The van der Waals surface area contributed by atoms with Gasteiger partial charge in [-0.05, 0) is 43.4 Å². The number of nitrogens with zero attached hydrogens (tertiary/aromatic N) is 6. The number of anilines is 1. The zero-order chi connectivity index (χ0) is 24.1. The molecule has 1 fully saturated rings. The maximum Gasteiger partial charge on any atom is 0.376 e. The van der Waals surface area contributed by atoms with Gasteiger partial charge in [-0.15, -0.1) is 11.3 Å². The van der Waals surface area contributed by atoms with Gasteiger partial charge in [-0.25, -0.2) is 9.97 Å². The molecule has 1 aliphatic carbocycles. The van der Waals surface area contributed by atoms with E-state index in [-0.39, 0.29) is 11.4 Å². The van der Waals surface area contributed by atoms with Gasteiger partial charge in [0.1, 0.15) is 16.3 Å². The minimum atomic E-state index is -0.688. The molecule has 0 aromatic carbocycles. The van der Waals surface area contributed by atoms with Crippen molar-refractivity contribution in [1.29, 1.82) is 0 Å². The number of H-pyrrole nitrogens is 1. The van der Waals surface area contributed by atoms with Crippen LogP contribution in [-0.2, 0) is 19.4 Å². The lowest BCUT2D eigenvalue weighted by molar-refractivity contribution is -0.385. The lowest BCUT2D eigenvalue weighted by Crippen LogP contribution is -2.47. The minimum absolute atomic E-state index is 0.0699. The lowest BCUT2D eigenvalue weighted by atomic mass is 9.97. The maximum atomic E-state index is 12.8. The fraction of sp³-hybridized carbons (Fsp3) is 0.391. The van der Waals surface area contributed by atoms with Crippen LogP contribution in [-0.4, -0.2) is 55.4 Å². The molecule has 6 rings (SSSR count). The van der Waals surface area contributed by atoms with Crippen LogP contribution < -0.4 is 16.0 Å². The Morgan fingerprint density at radius 2 is 1.89 bits per heavy atom. The molecular weight excluding hydrogens is 470 g/mol. The Bertz CT molecular complexity index is 1580. The summed E-state index contributed by atoms with van der Waals surface area (Å²) in [6.07, 6.45) is 5.71. The van der Waals surface area contributed by atoms with E-state index in [1.54, 1.807) is 34.4 Å². The van der Waals surface area contributed by atoms with E-state index >= 15 is 0 Å². The van der Waals surface area contributed by atoms with Gasteiger partial charge in [-0.1, -0.05) is 6.07 Å². The molecule has 4 aromatic heterocycles. The van der Waals surface area contributed by atoms with Crippen molar-refractivity contribution in [1.82, 2.24) is 24.3 Å². The molecule has 1 saturated heterocycles. The first-order valence-corrected chi connectivity index (χ1v) is 12.5. The molecule has 0 atom stereocenters. The molecule has 12 heteroatoms. The van der Waals surface area contributed by atoms with Gasteiger partial charge in [0.05, 0.1) is 16.9 Å². The predicted octanol–water partition coefficient (Wildman–Crippen LogP) is 2.10. The molecule has 0 radical (unpaired) electrons. The zero-order valence-corrected chi connectivity index (χ0v) is 19.7. The third kappa shape index (κ3) is 3.78. The van der Waals surface area contributed by atoms with Crippen LogP contribution in [0.25, 0.3) is 15.9 Å². The van der Waals surface area contributed by atoms with E-state index in [0.29, 0.717) is 44.2 Å². The number of nitro groups is 1. The highest BCUT2D eigenvalue weighted by atomic mass is 32.1. The summed E-state index contributed by atoms with van der Waals surface area (Å²) in [4.78, 5) is 54.9. The Balaban J connectivity index is 1.23. The van der Waals surface area contributed by atoms with Crippen molar-refractivity contribution < 1.29 is 4.92 Å². The number of aromatic nitrogens is 4. The molecule has 0 bridgehead atoms. The maximum absolute atomic E-state index is 12.8. The lowest BCUT2D eigenvalue weighted by Gasteiger charge is -2.34. The van der Waals surface area contributed by atoms with E-state index < -0.39 is 16.2 Å². The Hall–Kier alpha value is -3.64. The average Bonchev–Trinajstić information content (AvgIpc) is 3.23. The summed E-state index contributed by atoms with van der Waals surface area (Å²) in [6.45, 7) is 2.61. The summed E-state index contributed by atoms with van der Waals surface area (Å²) in [6, 6.07) is 5.04. The van der Waals surface area contributed by atoms with Crippen LogP contribution in [0.2, 0.25) is 0 Å². The quantitative estimate of drug-likeness (QED) is 0.338. The Morgan fingerprint density at radius 1 is 1.09 bits per heavy atom. The molecule has 0 unspecified atom stereocenters. The van der Waals surface area contributed by atoms with Gasteiger partial charge < -0.3 is 9.88 Å². The van der Waals surface area contributed by atoms with Gasteiger partial charge >= 0.3 is 11.2 Å². The minimum Gasteiger partial charge on any atom is -0.348 e. The largest absolute Gasteiger partial charge is 0.376 e. The summed E-state index contributed by atoms with van der Waals surface area (Å²) < 4.78 is 1.19. The molecule has 5 heterocycles. The van der Waals surface area contributed by atoms with E-state index in [1.165, 1.54) is 21.0 Å². The number of thiophene rings is 1. The fourth-order valence-electron chi connectivity index (χ4n) is 5.06. The van der Waals surface area contributed by atoms with Crippen LogP contribution in [0, 0.1) is 10.1 Å². The highest BCUT2D eigenvalue weighted by molar-refractivity contribution is 7.18. The molecule has 35 heavy (non-hydrogen) atoms. The van der Waals surface area contributed by atoms with E-state index in [0.717, 1.165) is 35.9 Å². The van der Waals surface area contributed by atoms with Crippen LogP contribution in [0.15, 0.2) is 34.0 Å². The molecule has 0 amide bonds. The van der Waals surface area contributed by atoms with Crippen LogP contribution in [0.1, 0.15) is 29.1 Å². The van der Waals surface area contributed by atoms with Gasteiger partial charge in [0, 0.05) is 37.3 Å². The number of aryl methyl sites for hydroxylation is 2. The van der Waals surface area contributed by atoms with Crippen molar-refractivity contribution in [2.45, 2.75) is 32.2 Å². The van der Waals surface area contributed by atoms with Gasteiger partial charge in [-0.3, -0.25) is 29.0 Å². The number of aromatic amines is 1. The number of hydrogen-bond acceptors (Lipinski definition) is 9.